The average Bonchev–Trinajstić information content (AvgIpc) is 2.95. The van der Waals surface area contributed by atoms with E-state index in [1.54, 1.807) is 0 Å². The number of aromatic amines is 1. The highest BCUT2D eigenvalue weighted by molar-refractivity contribution is 5.64. The van der Waals surface area contributed by atoms with Gasteiger partial charge in [0.25, 0.3) is 0 Å². The van der Waals surface area contributed by atoms with Crippen molar-refractivity contribution in [3.05, 3.63) is 35.5 Å². The quantitative estimate of drug-likeness (QED) is 0.629. The highest BCUT2D eigenvalue weighted by Crippen LogP contribution is 2.25. The van der Waals surface area contributed by atoms with Gasteiger partial charge in [0.1, 0.15) is 5.75 Å². The van der Waals surface area contributed by atoms with Crippen LogP contribution in [0.4, 0.5) is 0 Å². The van der Waals surface area contributed by atoms with Crippen molar-refractivity contribution in [2.24, 2.45) is 0 Å². The van der Waals surface area contributed by atoms with Crippen LogP contribution < -0.4 is 4.74 Å². The summed E-state index contributed by atoms with van der Waals surface area (Å²) < 4.78 is 5.79. The molecule has 2 rings (SSSR count). The number of ether oxygens (including phenoxy) is 1. The zero-order valence-corrected chi connectivity index (χ0v) is 14.3. The molecular weight excluding hydrogens is 288 g/mol. The molecule has 126 valence electrons. The number of benzene rings is 1. The Morgan fingerprint density at radius 2 is 1.74 bits per heavy atom. The van der Waals surface area contributed by atoms with E-state index in [0.29, 0.717) is 0 Å². The molecule has 2 aromatic rings. The topological polar surface area (TPSA) is 58.1 Å². The number of nitrogens with one attached hydrogen (secondary N) is 1. The Hall–Kier alpha value is -1.81. The molecule has 0 bridgehead atoms. The van der Waals surface area contributed by atoms with E-state index >= 15 is 0 Å². The number of aromatic nitrogens is 2. The third kappa shape index (κ3) is 5.10. The zero-order chi connectivity index (χ0) is 16.5. The lowest BCUT2D eigenvalue weighted by molar-refractivity contribution is 0.276. The van der Waals surface area contributed by atoms with E-state index in [-0.39, 0.29) is 6.61 Å². The van der Waals surface area contributed by atoms with Crippen molar-refractivity contribution in [1.82, 2.24) is 10.2 Å². The lowest BCUT2D eigenvalue weighted by Gasteiger charge is -2.07. The third-order valence-corrected chi connectivity index (χ3v) is 4.16. The number of aliphatic hydroxyl groups excluding tert-OH is 1. The van der Waals surface area contributed by atoms with Gasteiger partial charge in [-0.3, -0.25) is 5.10 Å². The summed E-state index contributed by atoms with van der Waals surface area (Å²) >= 11 is 0. The summed E-state index contributed by atoms with van der Waals surface area (Å²) in [4.78, 5) is 0. The average molecular weight is 316 g/mol. The van der Waals surface area contributed by atoms with Crippen LogP contribution in [0.2, 0.25) is 0 Å². The van der Waals surface area contributed by atoms with E-state index in [1.807, 2.05) is 31.2 Å². The molecule has 23 heavy (non-hydrogen) atoms. The molecule has 0 amide bonds. The SMILES string of the molecule is CCCCCCCCOc1ccc(-c2n[nH]c(CO)c2C)cc1. The molecule has 0 fully saturated rings. The molecule has 0 aliphatic carbocycles. The first-order chi connectivity index (χ1) is 11.3. The predicted octanol–water partition coefficient (Wildman–Crippen LogP) is 4.62. The van der Waals surface area contributed by atoms with Crippen LogP contribution in [0.3, 0.4) is 0 Å². The molecule has 0 saturated carbocycles. The fourth-order valence-corrected chi connectivity index (χ4v) is 2.65. The summed E-state index contributed by atoms with van der Waals surface area (Å²) in [7, 11) is 0. The number of hydrogen-bond acceptors (Lipinski definition) is 3. The van der Waals surface area contributed by atoms with E-state index in [2.05, 4.69) is 17.1 Å². The molecule has 1 aromatic heterocycles. The number of unbranched alkanes of at least 4 members (excludes halogenated alkanes) is 5. The maximum Gasteiger partial charge on any atom is 0.119 e. The summed E-state index contributed by atoms with van der Waals surface area (Å²) in [6.07, 6.45) is 7.63. The minimum Gasteiger partial charge on any atom is -0.494 e. The summed E-state index contributed by atoms with van der Waals surface area (Å²) in [6.45, 7) is 4.97. The number of rotatable bonds is 10. The Bertz CT molecular complexity index is 576. The number of H-pyrrole nitrogens is 1. The minimum absolute atomic E-state index is 0.0156. The van der Waals surface area contributed by atoms with Crippen molar-refractivity contribution in [3.63, 3.8) is 0 Å². The van der Waals surface area contributed by atoms with Gasteiger partial charge in [-0.15, -0.1) is 0 Å². The van der Waals surface area contributed by atoms with E-state index in [9.17, 15) is 5.11 Å². The second kappa shape index (κ2) is 9.36. The van der Waals surface area contributed by atoms with Crippen LogP contribution in [0, 0.1) is 6.92 Å². The van der Waals surface area contributed by atoms with Crippen molar-refractivity contribution in [1.29, 1.82) is 0 Å². The van der Waals surface area contributed by atoms with Gasteiger partial charge in [-0.05, 0) is 37.6 Å². The van der Waals surface area contributed by atoms with Gasteiger partial charge in [0.2, 0.25) is 0 Å². The molecule has 0 aliphatic rings. The molecule has 0 unspecified atom stereocenters. The standard InChI is InChI=1S/C19H28N2O2/c1-3-4-5-6-7-8-13-23-17-11-9-16(10-12-17)19-15(2)18(14-22)20-21-19/h9-12,22H,3-8,13-14H2,1-2H3,(H,20,21). The van der Waals surface area contributed by atoms with Crippen molar-refractivity contribution in [2.75, 3.05) is 6.61 Å². The summed E-state index contributed by atoms with van der Waals surface area (Å²) in [5, 5.41) is 16.4. The van der Waals surface area contributed by atoms with Crippen LogP contribution in [0.1, 0.15) is 56.7 Å². The Morgan fingerprint density at radius 3 is 2.39 bits per heavy atom. The Balaban J connectivity index is 1.79. The second-order valence-electron chi connectivity index (χ2n) is 5.97. The fourth-order valence-electron chi connectivity index (χ4n) is 2.65. The van der Waals surface area contributed by atoms with E-state index in [1.165, 1.54) is 32.1 Å². The van der Waals surface area contributed by atoms with Crippen LogP contribution in [-0.2, 0) is 6.61 Å². The lowest BCUT2D eigenvalue weighted by atomic mass is 10.1. The highest BCUT2D eigenvalue weighted by Gasteiger charge is 2.10. The maximum absolute atomic E-state index is 9.22. The van der Waals surface area contributed by atoms with Gasteiger partial charge in [0.05, 0.1) is 24.6 Å². The van der Waals surface area contributed by atoms with Crippen LogP contribution in [0.15, 0.2) is 24.3 Å². The first kappa shape index (κ1) is 17.5. The monoisotopic (exact) mass is 316 g/mol. The maximum atomic E-state index is 9.22. The summed E-state index contributed by atoms with van der Waals surface area (Å²) in [5.74, 6) is 0.901. The lowest BCUT2D eigenvalue weighted by Crippen LogP contribution is -1.97. The normalized spacial score (nSPS) is 10.9. The van der Waals surface area contributed by atoms with Crippen molar-refractivity contribution in [3.8, 4) is 17.0 Å². The van der Waals surface area contributed by atoms with Gasteiger partial charge >= 0.3 is 0 Å². The summed E-state index contributed by atoms with van der Waals surface area (Å²) in [6, 6.07) is 8.00. The molecule has 2 N–H and O–H groups in total. The van der Waals surface area contributed by atoms with Gasteiger partial charge in [-0.2, -0.15) is 5.10 Å². The molecule has 0 spiro atoms. The Morgan fingerprint density at radius 1 is 1.04 bits per heavy atom. The molecule has 4 heteroatoms. The minimum atomic E-state index is -0.0156. The smallest absolute Gasteiger partial charge is 0.119 e. The molecular formula is C19H28N2O2. The first-order valence-corrected chi connectivity index (χ1v) is 8.64. The van der Waals surface area contributed by atoms with Crippen molar-refractivity contribution < 1.29 is 9.84 Å². The van der Waals surface area contributed by atoms with E-state index in [0.717, 1.165) is 41.3 Å². The van der Waals surface area contributed by atoms with Gasteiger partial charge in [-0.25, -0.2) is 0 Å². The second-order valence-corrected chi connectivity index (χ2v) is 5.97. The predicted molar refractivity (Wildman–Crippen MR) is 93.6 cm³/mol. The third-order valence-electron chi connectivity index (χ3n) is 4.16. The molecule has 1 heterocycles. The Labute approximate surface area is 138 Å². The fraction of sp³-hybridized carbons (Fsp3) is 0.526. The van der Waals surface area contributed by atoms with Gasteiger partial charge < -0.3 is 9.84 Å². The molecule has 0 atom stereocenters. The van der Waals surface area contributed by atoms with E-state index in [4.69, 9.17) is 4.74 Å². The Kier molecular flexibility index (Phi) is 7.14. The van der Waals surface area contributed by atoms with E-state index < -0.39 is 0 Å². The summed E-state index contributed by atoms with van der Waals surface area (Å²) in [5.41, 5.74) is 3.68. The molecule has 0 saturated heterocycles. The number of hydrogen-bond donors (Lipinski definition) is 2. The highest BCUT2D eigenvalue weighted by atomic mass is 16.5. The molecule has 0 radical (unpaired) electrons. The molecule has 4 nitrogen and oxygen atoms in total. The zero-order valence-electron chi connectivity index (χ0n) is 14.3. The first-order valence-electron chi connectivity index (χ1n) is 8.64. The number of nitrogens with zero attached hydrogens (tertiary/aromatic N) is 1. The van der Waals surface area contributed by atoms with Crippen LogP contribution in [-0.4, -0.2) is 21.9 Å². The molecule has 0 aliphatic heterocycles. The van der Waals surface area contributed by atoms with Crippen LogP contribution in [0.25, 0.3) is 11.3 Å². The van der Waals surface area contributed by atoms with Gasteiger partial charge in [0, 0.05) is 11.1 Å². The molecule has 1 aromatic carbocycles. The van der Waals surface area contributed by atoms with Crippen molar-refractivity contribution in [2.45, 2.75) is 59.0 Å². The largest absolute Gasteiger partial charge is 0.494 e. The van der Waals surface area contributed by atoms with Gasteiger partial charge in [-0.1, -0.05) is 39.0 Å². The van der Waals surface area contributed by atoms with Crippen molar-refractivity contribution >= 4 is 0 Å². The number of aliphatic hydroxyl groups is 1. The van der Waals surface area contributed by atoms with Crippen LogP contribution >= 0.6 is 0 Å². The van der Waals surface area contributed by atoms with Gasteiger partial charge in [0.15, 0.2) is 0 Å². The van der Waals surface area contributed by atoms with Crippen LogP contribution in [0.5, 0.6) is 5.75 Å².